The second-order valence-electron chi connectivity index (χ2n) is 7.08. The molecular weight excluding hydrogens is 287 g/mol. The Morgan fingerprint density at radius 3 is 2.61 bits per heavy atom. The highest BCUT2D eigenvalue weighted by Crippen LogP contribution is 2.24. The lowest BCUT2D eigenvalue weighted by Crippen LogP contribution is -2.49. The molecule has 1 radical (unpaired) electrons. The minimum Gasteiger partial charge on any atom is -0.427 e. The van der Waals surface area contributed by atoms with Crippen molar-refractivity contribution >= 4 is 29.4 Å². The van der Waals surface area contributed by atoms with Crippen LogP contribution >= 0.6 is 0 Å². The summed E-state index contributed by atoms with van der Waals surface area (Å²) in [4.78, 5) is 4.58. The summed E-state index contributed by atoms with van der Waals surface area (Å²) in [5, 5.41) is 12.4. The second kappa shape index (κ2) is 5.36. The Morgan fingerprint density at radius 2 is 1.91 bits per heavy atom. The summed E-state index contributed by atoms with van der Waals surface area (Å²) >= 11 is 0. The van der Waals surface area contributed by atoms with Crippen LogP contribution in [-0.2, 0) is 4.65 Å². The Morgan fingerprint density at radius 1 is 1.17 bits per heavy atom. The van der Waals surface area contributed by atoms with Crippen molar-refractivity contribution in [1.82, 2.24) is 9.38 Å². The van der Waals surface area contributed by atoms with Gasteiger partial charge in [0, 0.05) is 17.8 Å². The van der Waals surface area contributed by atoms with Crippen molar-refractivity contribution < 1.29 is 9.76 Å². The number of pyridine rings is 1. The van der Waals surface area contributed by atoms with Gasteiger partial charge < -0.3 is 14.2 Å². The molecule has 3 rings (SSSR count). The van der Waals surface area contributed by atoms with E-state index in [4.69, 9.17) is 4.65 Å². The molecule has 1 N–H and O–H groups in total. The summed E-state index contributed by atoms with van der Waals surface area (Å²) in [7, 11) is 1.71. The molecule has 4 nitrogen and oxygen atoms in total. The smallest absolute Gasteiger partial charge is 0.330 e. The van der Waals surface area contributed by atoms with Gasteiger partial charge in [0.15, 0.2) is 0 Å². The molecule has 0 atom stereocenters. The lowest BCUT2D eigenvalue weighted by molar-refractivity contribution is -0.0893. The summed E-state index contributed by atoms with van der Waals surface area (Å²) in [5.41, 5.74) is 1.32. The minimum atomic E-state index is -0.931. The number of rotatable bonds is 4. The molecule has 3 aromatic rings. The van der Waals surface area contributed by atoms with Gasteiger partial charge in [-0.2, -0.15) is 0 Å². The van der Waals surface area contributed by atoms with Crippen molar-refractivity contribution in [2.24, 2.45) is 0 Å². The van der Waals surface area contributed by atoms with Crippen molar-refractivity contribution in [2.75, 3.05) is 0 Å². The van der Waals surface area contributed by atoms with Gasteiger partial charge in [-0.3, -0.25) is 0 Å². The molecule has 0 unspecified atom stereocenters. The van der Waals surface area contributed by atoms with Crippen molar-refractivity contribution in [3.63, 3.8) is 0 Å². The molecule has 0 aliphatic heterocycles. The SMILES string of the molecule is Cc1cn2ccc3cc([B]OC(C)(C)C(C)(C)O)ccc3c2n1. The van der Waals surface area contributed by atoms with Crippen LogP contribution < -0.4 is 5.46 Å². The maximum absolute atomic E-state index is 10.2. The van der Waals surface area contributed by atoms with Crippen LogP contribution in [0.2, 0.25) is 0 Å². The fourth-order valence-electron chi connectivity index (χ4n) is 2.35. The van der Waals surface area contributed by atoms with Crippen molar-refractivity contribution in [1.29, 1.82) is 0 Å². The first kappa shape index (κ1) is 16.0. The van der Waals surface area contributed by atoms with Crippen molar-refractivity contribution in [3.8, 4) is 0 Å². The van der Waals surface area contributed by atoms with Crippen LogP contribution in [0.3, 0.4) is 0 Å². The molecule has 0 spiro atoms. The number of aliphatic hydroxyl groups is 1. The summed E-state index contributed by atoms with van der Waals surface area (Å²) in [6.45, 7) is 9.24. The highest BCUT2D eigenvalue weighted by Gasteiger charge is 2.35. The Kier molecular flexibility index (Phi) is 3.73. The van der Waals surface area contributed by atoms with E-state index in [1.807, 2.05) is 43.6 Å². The number of hydrogen-bond donors (Lipinski definition) is 1. The molecule has 0 amide bonds. The van der Waals surface area contributed by atoms with Crippen LogP contribution in [0.15, 0.2) is 36.7 Å². The minimum absolute atomic E-state index is 0.674. The Balaban J connectivity index is 1.90. The van der Waals surface area contributed by atoms with Gasteiger partial charge in [-0.25, -0.2) is 4.98 Å². The summed E-state index contributed by atoms with van der Waals surface area (Å²) < 4.78 is 7.86. The van der Waals surface area contributed by atoms with Crippen LogP contribution in [0.5, 0.6) is 0 Å². The Labute approximate surface area is 137 Å². The molecule has 5 heteroatoms. The van der Waals surface area contributed by atoms with Gasteiger partial charge in [0.2, 0.25) is 0 Å². The third kappa shape index (κ3) is 2.99. The van der Waals surface area contributed by atoms with Gasteiger partial charge >= 0.3 is 7.48 Å². The average molecular weight is 309 g/mol. The molecular formula is C18H22BN2O2. The maximum atomic E-state index is 10.2. The molecule has 0 aliphatic rings. The van der Waals surface area contributed by atoms with Gasteiger partial charge in [-0.1, -0.05) is 23.7 Å². The predicted octanol–water partition coefficient (Wildman–Crippen LogP) is 2.61. The van der Waals surface area contributed by atoms with Crippen LogP contribution in [-0.4, -0.2) is 33.2 Å². The first-order valence-electron chi connectivity index (χ1n) is 7.79. The van der Waals surface area contributed by atoms with Crippen molar-refractivity contribution in [2.45, 2.75) is 45.8 Å². The average Bonchev–Trinajstić information content (AvgIpc) is 2.84. The van der Waals surface area contributed by atoms with E-state index in [0.717, 1.165) is 27.6 Å². The van der Waals surface area contributed by atoms with E-state index in [1.54, 1.807) is 21.3 Å². The van der Waals surface area contributed by atoms with Gasteiger partial charge in [0.1, 0.15) is 5.65 Å². The van der Waals surface area contributed by atoms with Crippen LogP contribution in [0.25, 0.3) is 16.4 Å². The number of imidazole rings is 1. The number of benzene rings is 1. The number of hydrogen-bond acceptors (Lipinski definition) is 3. The largest absolute Gasteiger partial charge is 0.427 e. The molecule has 23 heavy (non-hydrogen) atoms. The van der Waals surface area contributed by atoms with E-state index in [2.05, 4.69) is 23.2 Å². The molecule has 2 aromatic heterocycles. The Hall–Kier alpha value is -1.85. The normalized spacial score (nSPS) is 13.0. The zero-order valence-electron chi connectivity index (χ0n) is 14.3. The molecule has 1 aromatic carbocycles. The fraction of sp³-hybridized carbons (Fsp3) is 0.389. The molecule has 0 fully saturated rings. The van der Waals surface area contributed by atoms with E-state index in [0.29, 0.717) is 0 Å². The third-order valence-electron chi connectivity index (χ3n) is 4.55. The van der Waals surface area contributed by atoms with Gasteiger partial charge in [-0.05, 0) is 46.1 Å². The summed E-state index contributed by atoms with van der Waals surface area (Å²) in [5.74, 6) is 0. The highest BCUT2D eigenvalue weighted by molar-refractivity contribution is 6.47. The zero-order chi connectivity index (χ0) is 16.8. The lowest BCUT2D eigenvalue weighted by atomic mass is 9.82. The van der Waals surface area contributed by atoms with E-state index in [1.165, 1.54) is 0 Å². The van der Waals surface area contributed by atoms with Gasteiger partial charge in [0.25, 0.3) is 0 Å². The predicted molar refractivity (Wildman–Crippen MR) is 94.3 cm³/mol. The van der Waals surface area contributed by atoms with Gasteiger partial charge in [0.05, 0.1) is 16.9 Å². The van der Waals surface area contributed by atoms with Crippen LogP contribution in [0, 0.1) is 6.92 Å². The molecule has 119 valence electrons. The first-order chi connectivity index (χ1) is 10.7. The molecule has 0 aliphatic carbocycles. The summed E-state index contributed by atoms with van der Waals surface area (Å²) in [6.07, 6.45) is 4.03. The number of aryl methyl sites for hydroxylation is 1. The standard InChI is InChI=1S/C18H22BN2O2/c1-12-11-21-9-8-13-10-14(6-7-15(13)16(21)20-12)19-23-18(4,5)17(2,3)22/h6-11,22H,1-5H3. The Bertz CT molecular complexity index is 862. The van der Waals surface area contributed by atoms with Gasteiger partial charge in [-0.15, -0.1) is 0 Å². The quantitative estimate of drug-likeness (QED) is 0.754. The lowest BCUT2D eigenvalue weighted by Gasteiger charge is -2.37. The number of fused-ring (bicyclic) bond motifs is 3. The first-order valence-corrected chi connectivity index (χ1v) is 7.79. The zero-order valence-corrected chi connectivity index (χ0v) is 14.3. The maximum Gasteiger partial charge on any atom is 0.330 e. The van der Waals surface area contributed by atoms with E-state index < -0.39 is 11.2 Å². The number of aromatic nitrogens is 2. The third-order valence-corrected chi connectivity index (χ3v) is 4.55. The molecule has 0 saturated carbocycles. The van der Waals surface area contributed by atoms with E-state index in [9.17, 15) is 5.11 Å². The van der Waals surface area contributed by atoms with Crippen LogP contribution in [0.1, 0.15) is 33.4 Å². The monoisotopic (exact) mass is 309 g/mol. The van der Waals surface area contributed by atoms with E-state index >= 15 is 0 Å². The van der Waals surface area contributed by atoms with Crippen molar-refractivity contribution in [3.05, 3.63) is 42.4 Å². The highest BCUT2D eigenvalue weighted by atomic mass is 16.5. The number of nitrogens with zero attached hydrogens (tertiary/aromatic N) is 2. The second-order valence-corrected chi connectivity index (χ2v) is 7.08. The topological polar surface area (TPSA) is 46.8 Å². The molecule has 2 heterocycles. The van der Waals surface area contributed by atoms with Crippen LogP contribution in [0.4, 0.5) is 0 Å². The summed E-state index contributed by atoms with van der Waals surface area (Å²) in [6, 6.07) is 8.21. The molecule has 0 saturated heterocycles. The fourth-order valence-corrected chi connectivity index (χ4v) is 2.35. The van der Waals surface area contributed by atoms with E-state index in [-0.39, 0.29) is 0 Å². The molecule has 0 bridgehead atoms.